The van der Waals surface area contributed by atoms with Crippen molar-refractivity contribution in [2.45, 2.75) is 58.6 Å². The van der Waals surface area contributed by atoms with Gasteiger partial charge in [-0.3, -0.25) is 14.4 Å². The molecule has 3 amide bonds. The van der Waals surface area contributed by atoms with E-state index in [9.17, 15) is 24.3 Å². The second kappa shape index (κ2) is 13.4. The van der Waals surface area contributed by atoms with Crippen molar-refractivity contribution in [2.24, 2.45) is 11.5 Å². The van der Waals surface area contributed by atoms with Gasteiger partial charge in [-0.1, -0.05) is 37.8 Å². The Labute approximate surface area is 187 Å². The van der Waals surface area contributed by atoms with Crippen LogP contribution in [0.4, 0.5) is 0 Å². The van der Waals surface area contributed by atoms with Gasteiger partial charge in [0.25, 0.3) is 0 Å². The van der Waals surface area contributed by atoms with Gasteiger partial charge in [-0.15, -0.1) is 0 Å². The van der Waals surface area contributed by atoms with E-state index in [0.717, 1.165) is 5.56 Å². The van der Waals surface area contributed by atoms with E-state index < -0.39 is 54.0 Å². The first-order valence-corrected chi connectivity index (χ1v) is 9.56. The van der Waals surface area contributed by atoms with Gasteiger partial charge in [-0.25, -0.2) is 4.79 Å². The van der Waals surface area contributed by atoms with Crippen molar-refractivity contribution in [1.29, 1.82) is 0 Å². The molecule has 0 aliphatic heterocycles. The lowest BCUT2D eigenvalue weighted by Gasteiger charge is -2.27. The number of hydrogen-bond donors (Lipinski definition) is 5. The number of ether oxygens (including phenoxy) is 2. The van der Waals surface area contributed by atoms with E-state index in [2.05, 4.69) is 10.6 Å². The fourth-order valence-electron chi connectivity index (χ4n) is 2.28. The average Bonchev–Trinajstić information content (AvgIpc) is 2.72. The van der Waals surface area contributed by atoms with Crippen LogP contribution in [-0.2, 0) is 35.3 Å². The second-order valence-corrected chi connectivity index (χ2v) is 7.67. The van der Waals surface area contributed by atoms with E-state index in [1.807, 2.05) is 6.07 Å². The summed E-state index contributed by atoms with van der Waals surface area (Å²) in [6, 6.07) is 5.84. The third-order valence-corrected chi connectivity index (χ3v) is 3.90. The van der Waals surface area contributed by atoms with E-state index in [-0.39, 0.29) is 20.6 Å². The lowest BCUT2D eigenvalue weighted by molar-refractivity contribution is -0.153. The summed E-state index contributed by atoms with van der Waals surface area (Å²) in [7, 11) is 0. The zero-order chi connectivity index (χ0) is 23.6. The van der Waals surface area contributed by atoms with Gasteiger partial charge < -0.3 is 36.7 Å². The Bertz CT molecular complexity index is 765. The summed E-state index contributed by atoms with van der Waals surface area (Å²) in [6.07, 6.45) is -2.04. The third-order valence-electron chi connectivity index (χ3n) is 3.90. The molecule has 0 spiro atoms. The number of nitrogens with one attached hydrogen (secondary N) is 2. The highest BCUT2D eigenvalue weighted by Crippen LogP contribution is 2.09. The summed E-state index contributed by atoms with van der Waals surface area (Å²) in [5.41, 5.74) is 10.3. The zero-order valence-electron chi connectivity index (χ0n) is 17.8. The monoisotopic (exact) mass is 454 g/mol. The van der Waals surface area contributed by atoms with Crippen molar-refractivity contribution >= 4 is 23.7 Å². The van der Waals surface area contributed by atoms with Crippen LogP contribution < -0.4 is 22.1 Å². The van der Waals surface area contributed by atoms with Gasteiger partial charge in [0.05, 0.1) is 18.8 Å². The Balaban J connectivity index is 0.00000961. The maximum absolute atomic E-state index is 12.7. The van der Waals surface area contributed by atoms with Gasteiger partial charge in [0.2, 0.25) is 17.7 Å². The molecule has 0 unspecified atom stereocenters. The minimum atomic E-state index is -2.04. The Hall–Kier alpha value is -3.02. The van der Waals surface area contributed by atoms with Crippen molar-refractivity contribution in [2.75, 3.05) is 13.2 Å². The molecule has 1 rings (SSSR count). The van der Waals surface area contributed by atoms with Gasteiger partial charge in [0.1, 0.15) is 12.6 Å². The molecular weight excluding hydrogens is 420 g/mol. The van der Waals surface area contributed by atoms with E-state index in [4.69, 9.17) is 20.9 Å². The molecule has 0 heterocycles. The summed E-state index contributed by atoms with van der Waals surface area (Å²) < 4.78 is 10.8. The fourth-order valence-corrected chi connectivity index (χ4v) is 2.28. The van der Waals surface area contributed by atoms with Crippen molar-refractivity contribution in [1.82, 2.24) is 10.6 Å². The highest BCUT2D eigenvalue weighted by atomic mass is 16.5. The Morgan fingerprint density at radius 2 is 1.69 bits per heavy atom. The molecule has 0 aliphatic rings. The molecule has 0 aromatic heterocycles. The van der Waals surface area contributed by atoms with Crippen LogP contribution in [0.2, 0.25) is 0 Å². The Morgan fingerprint density at radius 3 is 2.19 bits per heavy atom. The quantitative estimate of drug-likeness (QED) is 0.262. The number of nitrogens with two attached hydrogens (primary N) is 2. The smallest absolute Gasteiger partial charge is 0.331 e. The van der Waals surface area contributed by atoms with Crippen LogP contribution in [0.15, 0.2) is 30.3 Å². The summed E-state index contributed by atoms with van der Waals surface area (Å²) in [5, 5.41) is 14.4. The van der Waals surface area contributed by atoms with E-state index in [0.29, 0.717) is 0 Å². The van der Waals surface area contributed by atoms with Crippen LogP contribution in [0.5, 0.6) is 0 Å². The first-order chi connectivity index (χ1) is 14.4. The van der Waals surface area contributed by atoms with E-state index >= 15 is 0 Å². The van der Waals surface area contributed by atoms with Crippen LogP contribution >= 0.6 is 0 Å². The highest BCUT2D eigenvalue weighted by Gasteiger charge is 2.35. The van der Waals surface area contributed by atoms with Crippen LogP contribution in [0.1, 0.15) is 33.8 Å². The van der Waals surface area contributed by atoms with Crippen LogP contribution in [0, 0.1) is 0 Å². The molecule has 0 aliphatic carbocycles. The highest BCUT2D eigenvalue weighted by molar-refractivity contribution is 5.96. The number of hydrogen-bond acceptors (Lipinski definition) is 8. The molecule has 11 heteroatoms. The number of primary amides is 1. The molecule has 0 radical (unpaired) electrons. The van der Waals surface area contributed by atoms with Crippen molar-refractivity contribution in [3.05, 3.63) is 35.9 Å². The number of rotatable bonds is 11. The fraction of sp³-hybridized carbons (Fsp3) is 0.524. The standard InChI is InChI=1S/C20H30N4O7.CH4/c1-20(2,3)31-11-13(19(29)30-10-12-7-5-4-6-8-12)23-18(28)15(16(26)17(22)27)24-14(25)9-21;/h4-8,13,15-16,26H,9-11,21H2,1-3H3,(H2,22,27)(H,23,28)(H,24,25);1H4/t13-,15-,16-;/m0./s1. The molecule has 0 saturated heterocycles. The Kier molecular flexibility index (Phi) is 12.1. The van der Waals surface area contributed by atoms with Crippen molar-refractivity contribution in [3.8, 4) is 0 Å². The normalized spacial score (nSPS) is 13.7. The topological polar surface area (TPSA) is 183 Å². The van der Waals surface area contributed by atoms with Gasteiger partial charge in [-0.2, -0.15) is 0 Å². The largest absolute Gasteiger partial charge is 0.459 e. The minimum absolute atomic E-state index is 0. The number of amides is 3. The molecule has 32 heavy (non-hydrogen) atoms. The third kappa shape index (κ3) is 10.3. The molecule has 7 N–H and O–H groups in total. The SMILES string of the molecule is C.CC(C)(C)OC[C@H](NC(=O)[C@@H](NC(=O)CN)[C@H](O)C(N)=O)C(=O)OCc1ccccc1. The number of aliphatic hydroxyl groups is 1. The molecular formula is C21H34N4O7. The Morgan fingerprint density at radius 1 is 1.09 bits per heavy atom. The molecule has 180 valence electrons. The number of carbonyl (C=O) groups excluding carboxylic acids is 4. The number of aliphatic hydroxyl groups excluding tert-OH is 1. The molecule has 1 aromatic rings. The first-order valence-electron chi connectivity index (χ1n) is 9.56. The predicted octanol–water partition coefficient (Wildman–Crippen LogP) is -1.04. The van der Waals surface area contributed by atoms with E-state index in [1.54, 1.807) is 45.0 Å². The van der Waals surface area contributed by atoms with Gasteiger partial charge >= 0.3 is 5.97 Å². The molecule has 0 fully saturated rings. The summed E-state index contributed by atoms with van der Waals surface area (Å²) in [5.74, 6) is -3.90. The first kappa shape index (κ1) is 29.0. The van der Waals surface area contributed by atoms with E-state index in [1.165, 1.54) is 0 Å². The average molecular weight is 455 g/mol. The predicted molar refractivity (Wildman–Crippen MR) is 117 cm³/mol. The van der Waals surface area contributed by atoms with Crippen LogP contribution in [0.25, 0.3) is 0 Å². The molecule has 3 atom stereocenters. The summed E-state index contributed by atoms with van der Waals surface area (Å²) in [6.45, 7) is 4.46. The minimum Gasteiger partial charge on any atom is -0.459 e. The van der Waals surface area contributed by atoms with Crippen molar-refractivity contribution in [3.63, 3.8) is 0 Å². The molecule has 1 aromatic carbocycles. The van der Waals surface area contributed by atoms with Crippen LogP contribution in [0.3, 0.4) is 0 Å². The van der Waals surface area contributed by atoms with Crippen molar-refractivity contribution < 1.29 is 33.8 Å². The number of esters is 1. The zero-order valence-corrected chi connectivity index (χ0v) is 17.8. The second-order valence-electron chi connectivity index (χ2n) is 7.67. The molecule has 0 saturated carbocycles. The maximum Gasteiger partial charge on any atom is 0.331 e. The maximum atomic E-state index is 12.7. The summed E-state index contributed by atoms with van der Waals surface area (Å²) >= 11 is 0. The number of benzene rings is 1. The number of carbonyl (C=O) groups is 4. The van der Waals surface area contributed by atoms with Gasteiger partial charge in [0, 0.05) is 0 Å². The summed E-state index contributed by atoms with van der Waals surface area (Å²) in [4.78, 5) is 48.2. The molecule has 11 nitrogen and oxygen atoms in total. The van der Waals surface area contributed by atoms with Gasteiger partial charge in [0.15, 0.2) is 12.1 Å². The lowest BCUT2D eigenvalue weighted by atomic mass is 10.1. The van der Waals surface area contributed by atoms with Crippen LogP contribution in [-0.4, -0.2) is 65.7 Å². The molecule has 0 bridgehead atoms. The van der Waals surface area contributed by atoms with Gasteiger partial charge in [-0.05, 0) is 26.3 Å². The lowest BCUT2D eigenvalue weighted by Crippen LogP contribution is -2.60.